The zero-order valence-corrected chi connectivity index (χ0v) is 18.7. The molecule has 1 aromatic heterocycles. The number of rotatable bonds is 5. The number of nitrogens with two attached hydrogens (primary N) is 1. The van der Waals surface area contributed by atoms with E-state index in [0.717, 1.165) is 37.2 Å². The Balaban J connectivity index is 1.38. The van der Waals surface area contributed by atoms with E-state index in [9.17, 15) is 4.79 Å². The fraction of sp³-hybridized carbons (Fsp3) is 0.222. The number of para-hydroxylation sites is 2. The van der Waals surface area contributed by atoms with Crippen molar-refractivity contribution < 1.29 is 9.53 Å². The maximum absolute atomic E-state index is 12.8. The van der Waals surface area contributed by atoms with Gasteiger partial charge in [-0.05, 0) is 47.5 Å². The van der Waals surface area contributed by atoms with Gasteiger partial charge < -0.3 is 25.7 Å². The smallest absolute Gasteiger partial charge is 0.255 e. The summed E-state index contributed by atoms with van der Waals surface area (Å²) in [6.07, 6.45) is 2.05. The van der Waals surface area contributed by atoms with Crippen molar-refractivity contribution in [3.05, 3.63) is 89.6 Å². The molecule has 4 N–H and O–H groups in total. The minimum Gasteiger partial charge on any atom is -0.397 e. The van der Waals surface area contributed by atoms with E-state index in [0.29, 0.717) is 16.9 Å². The van der Waals surface area contributed by atoms with Gasteiger partial charge in [-0.3, -0.25) is 4.79 Å². The first kappa shape index (κ1) is 21.1. The van der Waals surface area contributed by atoms with Gasteiger partial charge in [-0.25, -0.2) is 0 Å². The van der Waals surface area contributed by atoms with E-state index in [1.807, 2.05) is 36.5 Å². The lowest BCUT2D eigenvalue weighted by molar-refractivity contribution is 0.102. The average molecular weight is 441 g/mol. The Morgan fingerprint density at radius 2 is 1.88 bits per heavy atom. The minimum absolute atomic E-state index is 0.183. The number of carbonyl (C=O) groups is 1. The molecule has 0 aliphatic carbocycles. The van der Waals surface area contributed by atoms with E-state index >= 15 is 0 Å². The maximum Gasteiger partial charge on any atom is 0.255 e. The third-order valence-corrected chi connectivity index (χ3v) is 6.40. The highest BCUT2D eigenvalue weighted by molar-refractivity contribution is 6.07. The number of nitrogens with zero attached hydrogens (tertiary/aromatic N) is 1. The number of carbonyl (C=O) groups excluding carboxylic acids is 1. The second kappa shape index (κ2) is 9.00. The topological polar surface area (TPSA) is 83.4 Å². The summed E-state index contributed by atoms with van der Waals surface area (Å²) < 4.78 is 5.49. The molecule has 1 unspecified atom stereocenters. The predicted molar refractivity (Wildman–Crippen MR) is 134 cm³/mol. The third-order valence-electron chi connectivity index (χ3n) is 6.40. The van der Waals surface area contributed by atoms with E-state index in [1.165, 1.54) is 16.8 Å². The van der Waals surface area contributed by atoms with Crippen LogP contribution in [0.1, 0.15) is 34.3 Å². The van der Waals surface area contributed by atoms with Crippen LogP contribution in [0.15, 0.2) is 72.9 Å². The standard InChI is InChI=1S/C27H28N4O2/c1-18(19-5-4-6-21(15-19)31-11-13-33-14-12-31)23-17-29-26-16-20(9-10-22(23)26)27(32)30-25-8-3-2-7-24(25)28/h2-10,15-18,29H,11-14,28H2,1H3,(H,30,32). The van der Waals surface area contributed by atoms with E-state index in [1.54, 1.807) is 12.1 Å². The summed E-state index contributed by atoms with van der Waals surface area (Å²) in [5.74, 6) is 0.0285. The number of benzene rings is 3. The second-order valence-electron chi connectivity index (χ2n) is 8.46. The second-order valence-corrected chi connectivity index (χ2v) is 8.46. The van der Waals surface area contributed by atoms with Crippen LogP contribution in [-0.2, 0) is 4.74 Å². The summed E-state index contributed by atoms with van der Waals surface area (Å²) in [5, 5.41) is 4.01. The highest BCUT2D eigenvalue weighted by Crippen LogP contribution is 2.33. The maximum atomic E-state index is 12.8. The number of morpholine rings is 1. The van der Waals surface area contributed by atoms with Crippen LogP contribution < -0.4 is 16.0 Å². The molecule has 6 heteroatoms. The molecule has 1 aliphatic heterocycles. The Hall–Kier alpha value is -3.77. The van der Waals surface area contributed by atoms with Gasteiger partial charge >= 0.3 is 0 Å². The molecule has 0 bridgehead atoms. The van der Waals surface area contributed by atoms with Crippen molar-refractivity contribution in [2.75, 3.05) is 42.3 Å². The molecule has 0 saturated carbocycles. The van der Waals surface area contributed by atoms with E-state index in [4.69, 9.17) is 10.5 Å². The summed E-state index contributed by atoms with van der Waals surface area (Å²) >= 11 is 0. The highest BCUT2D eigenvalue weighted by Gasteiger charge is 2.17. The molecular formula is C27H28N4O2. The van der Waals surface area contributed by atoms with Gasteiger partial charge in [-0.15, -0.1) is 0 Å². The van der Waals surface area contributed by atoms with Crippen molar-refractivity contribution in [1.82, 2.24) is 4.98 Å². The summed E-state index contributed by atoms with van der Waals surface area (Å²) in [6, 6.07) is 21.8. The number of aromatic amines is 1. The Labute approximate surface area is 193 Å². The summed E-state index contributed by atoms with van der Waals surface area (Å²) in [6.45, 7) is 5.61. The molecule has 1 aliphatic rings. The van der Waals surface area contributed by atoms with Gasteiger partial charge in [0.2, 0.25) is 0 Å². The lowest BCUT2D eigenvalue weighted by atomic mass is 9.92. The van der Waals surface area contributed by atoms with Gasteiger partial charge in [0.05, 0.1) is 24.6 Å². The zero-order chi connectivity index (χ0) is 22.8. The molecular weight excluding hydrogens is 412 g/mol. The number of aromatic nitrogens is 1. The molecule has 2 heterocycles. The first-order valence-corrected chi connectivity index (χ1v) is 11.3. The summed E-state index contributed by atoms with van der Waals surface area (Å²) in [4.78, 5) is 18.5. The third kappa shape index (κ3) is 4.30. The molecule has 33 heavy (non-hydrogen) atoms. The van der Waals surface area contributed by atoms with Crippen molar-refractivity contribution in [3.63, 3.8) is 0 Å². The molecule has 5 rings (SSSR count). The van der Waals surface area contributed by atoms with Crippen LogP contribution in [0.4, 0.5) is 17.1 Å². The van der Waals surface area contributed by atoms with E-state index < -0.39 is 0 Å². The van der Waals surface area contributed by atoms with Crippen LogP contribution in [0, 0.1) is 0 Å². The van der Waals surface area contributed by atoms with Gasteiger partial charge in [0.1, 0.15) is 0 Å². The number of ether oxygens (including phenoxy) is 1. The van der Waals surface area contributed by atoms with Crippen LogP contribution in [0.2, 0.25) is 0 Å². The molecule has 0 radical (unpaired) electrons. The fourth-order valence-electron chi connectivity index (χ4n) is 4.45. The first-order chi connectivity index (χ1) is 16.1. The molecule has 4 aromatic rings. The lowest BCUT2D eigenvalue weighted by Gasteiger charge is -2.29. The van der Waals surface area contributed by atoms with Gasteiger partial charge in [0.25, 0.3) is 5.91 Å². The van der Waals surface area contributed by atoms with Crippen molar-refractivity contribution >= 4 is 33.9 Å². The normalized spacial score (nSPS) is 14.9. The molecule has 1 atom stereocenters. The number of amides is 1. The van der Waals surface area contributed by atoms with Crippen molar-refractivity contribution in [2.45, 2.75) is 12.8 Å². The number of hydrogen-bond acceptors (Lipinski definition) is 4. The minimum atomic E-state index is -0.183. The fourth-order valence-corrected chi connectivity index (χ4v) is 4.45. The Bertz CT molecular complexity index is 1290. The largest absolute Gasteiger partial charge is 0.397 e. The summed E-state index contributed by atoms with van der Waals surface area (Å²) in [5.41, 5.74) is 12.4. The number of H-pyrrole nitrogens is 1. The molecule has 3 aromatic carbocycles. The molecule has 1 saturated heterocycles. The van der Waals surface area contributed by atoms with Gasteiger partial charge in [0, 0.05) is 47.4 Å². The van der Waals surface area contributed by atoms with Gasteiger partial charge in [-0.1, -0.05) is 37.3 Å². The Kier molecular flexibility index (Phi) is 5.75. The highest BCUT2D eigenvalue weighted by atomic mass is 16.5. The molecule has 0 spiro atoms. The zero-order valence-electron chi connectivity index (χ0n) is 18.7. The monoisotopic (exact) mass is 440 g/mol. The number of nitrogen functional groups attached to an aromatic ring is 1. The van der Waals surface area contributed by atoms with Crippen molar-refractivity contribution in [3.8, 4) is 0 Å². The van der Waals surface area contributed by atoms with Crippen LogP contribution in [-0.4, -0.2) is 37.2 Å². The quantitative estimate of drug-likeness (QED) is 0.382. The number of anilines is 3. The first-order valence-electron chi connectivity index (χ1n) is 11.3. The van der Waals surface area contributed by atoms with E-state index in [-0.39, 0.29) is 11.8 Å². The van der Waals surface area contributed by atoms with Crippen LogP contribution in [0.3, 0.4) is 0 Å². The van der Waals surface area contributed by atoms with Gasteiger partial charge in [-0.2, -0.15) is 0 Å². The molecule has 1 amide bonds. The summed E-state index contributed by atoms with van der Waals surface area (Å²) in [7, 11) is 0. The van der Waals surface area contributed by atoms with Crippen LogP contribution >= 0.6 is 0 Å². The molecule has 6 nitrogen and oxygen atoms in total. The van der Waals surface area contributed by atoms with Crippen LogP contribution in [0.25, 0.3) is 10.9 Å². The number of hydrogen-bond donors (Lipinski definition) is 3. The Morgan fingerprint density at radius 3 is 2.70 bits per heavy atom. The molecule has 1 fully saturated rings. The predicted octanol–water partition coefficient (Wildman–Crippen LogP) is 4.99. The van der Waals surface area contributed by atoms with Crippen LogP contribution in [0.5, 0.6) is 0 Å². The van der Waals surface area contributed by atoms with Gasteiger partial charge in [0.15, 0.2) is 0 Å². The lowest BCUT2D eigenvalue weighted by Crippen LogP contribution is -2.36. The average Bonchev–Trinajstić information content (AvgIpc) is 3.29. The number of fused-ring (bicyclic) bond motifs is 1. The van der Waals surface area contributed by atoms with Crippen molar-refractivity contribution in [2.24, 2.45) is 0 Å². The Morgan fingerprint density at radius 1 is 1.06 bits per heavy atom. The SMILES string of the molecule is CC(c1cccc(N2CCOCC2)c1)c1c[nH]c2cc(C(=O)Nc3ccccc3N)ccc12. The van der Waals surface area contributed by atoms with Crippen molar-refractivity contribution in [1.29, 1.82) is 0 Å². The van der Waals surface area contributed by atoms with E-state index in [2.05, 4.69) is 46.4 Å². The number of nitrogens with one attached hydrogen (secondary N) is 2. The molecule has 168 valence electrons.